The third-order valence-electron chi connectivity index (χ3n) is 4.24. The fourth-order valence-electron chi connectivity index (χ4n) is 3.05. The Morgan fingerprint density at radius 2 is 2.05 bits per heavy atom. The molecule has 3 heteroatoms. The van der Waals surface area contributed by atoms with Crippen LogP contribution in [0.1, 0.15) is 25.7 Å². The summed E-state index contributed by atoms with van der Waals surface area (Å²) in [7, 11) is 0. The van der Waals surface area contributed by atoms with Gasteiger partial charge in [-0.05, 0) is 49.7 Å². The summed E-state index contributed by atoms with van der Waals surface area (Å²) >= 11 is 0. The van der Waals surface area contributed by atoms with Crippen molar-refractivity contribution in [3.63, 3.8) is 0 Å². The summed E-state index contributed by atoms with van der Waals surface area (Å²) in [5.74, 6) is 0.772. The Morgan fingerprint density at radius 1 is 1.19 bits per heavy atom. The van der Waals surface area contributed by atoms with E-state index in [4.69, 9.17) is 0 Å². The number of hydrogen-bond donors (Lipinski definition) is 2. The first-order valence-corrected chi connectivity index (χ1v) is 7.81. The second-order valence-electron chi connectivity index (χ2n) is 5.83. The Hall–Kier alpha value is -1.87. The molecule has 1 saturated heterocycles. The van der Waals surface area contributed by atoms with Crippen molar-refractivity contribution in [3.8, 4) is 0 Å². The van der Waals surface area contributed by atoms with Crippen LogP contribution in [-0.2, 0) is 4.79 Å². The van der Waals surface area contributed by atoms with Crippen LogP contribution < -0.4 is 10.6 Å². The van der Waals surface area contributed by atoms with Gasteiger partial charge in [-0.15, -0.1) is 0 Å². The summed E-state index contributed by atoms with van der Waals surface area (Å²) in [5.41, 5.74) is 0.917. The zero-order valence-corrected chi connectivity index (χ0v) is 12.3. The standard InChI is InChI=1S/C18H22N2O/c21-18(11-10-14-5-4-12-19-13-14)20-17-9-3-7-15-6-1-2-8-16(15)17/h1-3,6-9,14,19H,4-5,10-13H2,(H,20,21). The Kier molecular flexibility index (Phi) is 4.51. The largest absolute Gasteiger partial charge is 0.326 e. The van der Waals surface area contributed by atoms with Crippen LogP contribution in [0.15, 0.2) is 42.5 Å². The number of fused-ring (bicyclic) bond motifs is 1. The molecular weight excluding hydrogens is 260 g/mol. The van der Waals surface area contributed by atoms with E-state index in [2.05, 4.69) is 28.8 Å². The van der Waals surface area contributed by atoms with Crippen LogP contribution in [-0.4, -0.2) is 19.0 Å². The number of carbonyl (C=O) groups is 1. The maximum absolute atomic E-state index is 12.2. The predicted octanol–water partition coefficient (Wildman–Crippen LogP) is 3.56. The summed E-state index contributed by atoms with van der Waals surface area (Å²) in [6, 6.07) is 14.2. The molecule has 110 valence electrons. The van der Waals surface area contributed by atoms with E-state index in [9.17, 15) is 4.79 Å². The van der Waals surface area contributed by atoms with Gasteiger partial charge in [0.05, 0.1) is 0 Å². The third-order valence-corrected chi connectivity index (χ3v) is 4.24. The van der Waals surface area contributed by atoms with Gasteiger partial charge in [0.1, 0.15) is 0 Å². The van der Waals surface area contributed by atoms with Crippen LogP contribution in [0, 0.1) is 5.92 Å². The van der Waals surface area contributed by atoms with Crippen LogP contribution in [0.4, 0.5) is 5.69 Å². The maximum atomic E-state index is 12.2. The van der Waals surface area contributed by atoms with E-state index in [1.54, 1.807) is 0 Å². The van der Waals surface area contributed by atoms with Gasteiger partial charge in [-0.2, -0.15) is 0 Å². The van der Waals surface area contributed by atoms with Crippen molar-refractivity contribution in [1.82, 2.24) is 5.32 Å². The quantitative estimate of drug-likeness (QED) is 0.900. The van der Waals surface area contributed by atoms with Crippen LogP contribution in [0.3, 0.4) is 0 Å². The van der Waals surface area contributed by atoms with Crippen molar-refractivity contribution in [2.24, 2.45) is 5.92 Å². The Balaban J connectivity index is 1.61. The first-order chi connectivity index (χ1) is 10.3. The molecule has 2 aromatic rings. The molecule has 3 nitrogen and oxygen atoms in total. The number of carbonyl (C=O) groups excluding carboxylic acids is 1. The van der Waals surface area contributed by atoms with Gasteiger partial charge in [-0.1, -0.05) is 36.4 Å². The molecule has 3 rings (SSSR count). The molecule has 0 spiro atoms. The molecule has 0 aliphatic carbocycles. The molecule has 0 bridgehead atoms. The summed E-state index contributed by atoms with van der Waals surface area (Å²) in [6.07, 6.45) is 4.06. The van der Waals surface area contributed by atoms with Gasteiger partial charge in [0.15, 0.2) is 0 Å². The minimum absolute atomic E-state index is 0.122. The van der Waals surface area contributed by atoms with Gasteiger partial charge in [-0.25, -0.2) is 0 Å². The highest BCUT2D eigenvalue weighted by Crippen LogP contribution is 2.23. The van der Waals surface area contributed by atoms with E-state index in [1.165, 1.54) is 12.8 Å². The molecule has 1 aliphatic heterocycles. The lowest BCUT2D eigenvalue weighted by Crippen LogP contribution is -2.30. The normalized spacial score (nSPS) is 18.6. The van der Waals surface area contributed by atoms with Crippen molar-refractivity contribution >= 4 is 22.4 Å². The predicted molar refractivity (Wildman–Crippen MR) is 87.4 cm³/mol. The van der Waals surface area contributed by atoms with Gasteiger partial charge in [0, 0.05) is 17.5 Å². The number of piperidine rings is 1. The number of rotatable bonds is 4. The van der Waals surface area contributed by atoms with Crippen LogP contribution in [0.25, 0.3) is 10.8 Å². The highest BCUT2D eigenvalue weighted by atomic mass is 16.1. The molecule has 1 unspecified atom stereocenters. The van der Waals surface area contributed by atoms with Gasteiger partial charge >= 0.3 is 0 Å². The first kappa shape index (κ1) is 14.1. The average Bonchev–Trinajstić information content (AvgIpc) is 2.54. The van der Waals surface area contributed by atoms with Gasteiger partial charge in [0.25, 0.3) is 0 Å². The molecule has 1 aliphatic rings. The van der Waals surface area contributed by atoms with Crippen molar-refractivity contribution in [3.05, 3.63) is 42.5 Å². The fourth-order valence-corrected chi connectivity index (χ4v) is 3.05. The van der Waals surface area contributed by atoms with E-state index in [0.717, 1.165) is 36.0 Å². The Morgan fingerprint density at radius 3 is 2.90 bits per heavy atom. The summed E-state index contributed by atoms with van der Waals surface area (Å²) in [6.45, 7) is 2.18. The molecule has 0 aromatic heterocycles. The highest BCUT2D eigenvalue weighted by Gasteiger charge is 2.14. The maximum Gasteiger partial charge on any atom is 0.224 e. The fraction of sp³-hybridized carbons (Fsp3) is 0.389. The van der Waals surface area contributed by atoms with Crippen molar-refractivity contribution < 1.29 is 4.79 Å². The molecule has 21 heavy (non-hydrogen) atoms. The summed E-state index contributed by atoms with van der Waals surface area (Å²) < 4.78 is 0. The second-order valence-corrected chi connectivity index (χ2v) is 5.83. The molecule has 0 saturated carbocycles. The smallest absolute Gasteiger partial charge is 0.224 e. The molecule has 2 aromatic carbocycles. The first-order valence-electron chi connectivity index (χ1n) is 7.81. The number of benzene rings is 2. The van der Waals surface area contributed by atoms with Crippen molar-refractivity contribution in [1.29, 1.82) is 0 Å². The van der Waals surface area contributed by atoms with Gasteiger partial charge in [0.2, 0.25) is 5.91 Å². The second kappa shape index (κ2) is 6.72. The van der Waals surface area contributed by atoms with E-state index >= 15 is 0 Å². The molecule has 2 N–H and O–H groups in total. The monoisotopic (exact) mass is 282 g/mol. The van der Waals surface area contributed by atoms with Gasteiger partial charge < -0.3 is 10.6 Å². The zero-order valence-electron chi connectivity index (χ0n) is 12.3. The lowest BCUT2D eigenvalue weighted by molar-refractivity contribution is -0.116. The van der Waals surface area contributed by atoms with E-state index in [0.29, 0.717) is 12.3 Å². The van der Waals surface area contributed by atoms with Crippen molar-refractivity contribution in [2.75, 3.05) is 18.4 Å². The minimum atomic E-state index is 0.122. The average molecular weight is 282 g/mol. The molecule has 1 atom stereocenters. The molecule has 0 radical (unpaired) electrons. The van der Waals surface area contributed by atoms with Crippen LogP contribution >= 0.6 is 0 Å². The Labute approximate surface area is 125 Å². The highest BCUT2D eigenvalue weighted by molar-refractivity contribution is 6.02. The van der Waals surface area contributed by atoms with E-state index in [1.807, 2.05) is 24.3 Å². The topological polar surface area (TPSA) is 41.1 Å². The minimum Gasteiger partial charge on any atom is -0.326 e. The van der Waals surface area contributed by atoms with Gasteiger partial charge in [-0.3, -0.25) is 4.79 Å². The lowest BCUT2D eigenvalue weighted by atomic mass is 9.94. The van der Waals surface area contributed by atoms with Crippen LogP contribution in [0.2, 0.25) is 0 Å². The number of hydrogen-bond acceptors (Lipinski definition) is 2. The molecular formula is C18H22N2O. The Bertz CT molecular complexity index is 612. The lowest BCUT2D eigenvalue weighted by Gasteiger charge is -2.22. The van der Waals surface area contributed by atoms with E-state index in [-0.39, 0.29) is 5.91 Å². The van der Waals surface area contributed by atoms with E-state index < -0.39 is 0 Å². The number of anilines is 1. The number of nitrogens with one attached hydrogen (secondary N) is 2. The molecule has 1 heterocycles. The third kappa shape index (κ3) is 3.61. The summed E-state index contributed by atoms with van der Waals surface area (Å²) in [4.78, 5) is 12.2. The summed E-state index contributed by atoms with van der Waals surface area (Å²) in [5, 5.41) is 8.73. The van der Waals surface area contributed by atoms with Crippen LogP contribution in [0.5, 0.6) is 0 Å². The SMILES string of the molecule is O=C(CCC1CCCNC1)Nc1cccc2ccccc12. The van der Waals surface area contributed by atoms with Crippen molar-refractivity contribution in [2.45, 2.75) is 25.7 Å². The number of amides is 1. The molecule has 1 amide bonds. The molecule has 1 fully saturated rings. The zero-order chi connectivity index (χ0) is 14.5.